The summed E-state index contributed by atoms with van der Waals surface area (Å²) in [7, 11) is 1.61. The Morgan fingerprint density at radius 2 is 2.21 bits per heavy atom. The molecule has 0 fully saturated rings. The Labute approximate surface area is 108 Å². The lowest BCUT2D eigenvalue weighted by atomic mass is 10.1. The Morgan fingerprint density at radius 1 is 1.37 bits per heavy atom. The van der Waals surface area contributed by atoms with Gasteiger partial charge in [-0.25, -0.2) is 4.98 Å². The van der Waals surface area contributed by atoms with E-state index >= 15 is 0 Å². The standard InChI is InChI=1S/C13H12N4O2/c1-19-9-4-2-3-8(5-9)11-6-12-15-7-10(14)13(18)17(12)16-11/h2-7,16H,14H2,1H3. The largest absolute Gasteiger partial charge is 0.497 e. The third kappa shape index (κ3) is 1.83. The number of hydrogen-bond acceptors (Lipinski definition) is 4. The molecule has 0 aliphatic rings. The molecule has 3 N–H and O–H groups in total. The van der Waals surface area contributed by atoms with E-state index in [2.05, 4.69) is 10.1 Å². The Balaban J connectivity index is 2.20. The number of methoxy groups -OCH3 is 1. The lowest BCUT2D eigenvalue weighted by Crippen LogP contribution is -2.18. The predicted molar refractivity (Wildman–Crippen MR) is 72.2 cm³/mol. The molecule has 3 rings (SSSR count). The van der Waals surface area contributed by atoms with E-state index in [-0.39, 0.29) is 11.2 Å². The average Bonchev–Trinajstić information content (AvgIpc) is 2.88. The zero-order valence-corrected chi connectivity index (χ0v) is 10.3. The minimum absolute atomic E-state index is 0.108. The van der Waals surface area contributed by atoms with E-state index in [9.17, 15) is 4.79 Å². The third-order valence-corrected chi connectivity index (χ3v) is 2.90. The Morgan fingerprint density at radius 3 is 3.00 bits per heavy atom. The van der Waals surface area contributed by atoms with Crippen LogP contribution in [0.15, 0.2) is 41.3 Å². The summed E-state index contributed by atoms with van der Waals surface area (Å²) in [4.78, 5) is 15.9. The molecule has 2 aromatic heterocycles. The van der Waals surface area contributed by atoms with Gasteiger partial charge in [0, 0.05) is 11.6 Å². The Hall–Kier alpha value is -2.76. The van der Waals surface area contributed by atoms with Crippen molar-refractivity contribution in [2.75, 3.05) is 12.8 Å². The smallest absolute Gasteiger partial charge is 0.295 e. The molecular weight excluding hydrogens is 244 g/mol. The first kappa shape index (κ1) is 11.3. The summed E-state index contributed by atoms with van der Waals surface area (Å²) < 4.78 is 6.50. The summed E-state index contributed by atoms with van der Waals surface area (Å²) in [5, 5.41) is 2.98. The highest BCUT2D eigenvalue weighted by Crippen LogP contribution is 2.22. The summed E-state index contributed by atoms with van der Waals surface area (Å²) in [5.74, 6) is 0.746. The van der Waals surface area contributed by atoms with Gasteiger partial charge in [-0.05, 0) is 12.1 Å². The quantitative estimate of drug-likeness (QED) is 0.723. The molecule has 0 saturated carbocycles. The lowest BCUT2D eigenvalue weighted by Gasteiger charge is -2.01. The maximum absolute atomic E-state index is 11.8. The van der Waals surface area contributed by atoms with Crippen LogP contribution in [0.5, 0.6) is 5.75 Å². The summed E-state index contributed by atoms with van der Waals surface area (Å²) in [6.07, 6.45) is 1.36. The number of hydrogen-bond donors (Lipinski definition) is 2. The van der Waals surface area contributed by atoms with Crippen LogP contribution in [0.4, 0.5) is 5.69 Å². The first-order valence-electron chi connectivity index (χ1n) is 5.70. The van der Waals surface area contributed by atoms with Crippen molar-refractivity contribution in [3.05, 3.63) is 46.9 Å². The molecule has 0 atom stereocenters. The third-order valence-electron chi connectivity index (χ3n) is 2.90. The number of nitrogen functional groups attached to an aromatic ring is 1. The first-order valence-corrected chi connectivity index (χ1v) is 5.70. The minimum atomic E-state index is -0.306. The first-order chi connectivity index (χ1) is 9.19. The van der Waals surface area contributed by atoms with Gasteiger partial charge in [0.05, 0.1) is 19.0 Å². The lowest BCUT2D eigenvalue weighted by molar-refractivity contribution is 0.415. The van der Waals surface area contributed by atoms with E-state index in [4.69, 9.17) is 10.5 Å². The molecule has 0 radical (unpaired) electrons. The molecule has 0 spiro atoms. The minimum Gasteiger partial charge on any atom is -0.497 e. The van der Waals surface area contributed by atoms with Crippen molar-refractivity contribution in [2.24, 2.45) is 0 Å². The molecule has 0 amide bonds. The van der Waals surface area contributed by atoms with Crippen molar-refractivity contribution < 1.29 is 4.74 Å². The summed E-state index contributed by atoms with van der Waals surface area (Å²) >= 11 is 0. The summed E-state index contributed by atoms with van der Waals surface area (Å²) in [6.45, 7) is 0. The Kier molecular flexibility index (Phi) is 2.49. The number of nitrogens with zero attached hydrogens (tertiary/aromatic N) is 2. The second-order valence-electron chi connectivity index (χ2n) is 4.11. The number of fused-ring (bicyclic) bond motifs is 1. The van der Waals surface area contributed by atoms with Crippen molar-refractivity contribution in [3.8, 4) is 17.0 Å². The molecule has 6 nitrogen and oxygen atoms in total. The highest BCUT2D eigenvalue weighted by atomic mass is 16.5. The SMILES string of the molecule is COc1cccc(-c2cc3ncc(N)c(=O)n3[nH]2)c1. The van der Waals surface area contributed by atoms with E-state index in [0.717, 1.165) is 17.0 Å². The van der Waals surface area contributed by atoms with Crippen LogP contribution in [-0.2, 0) is 0 Å². The van der Waals surface area contributed by atoms with Crippen molar-refractivity contribution in [1.82, 2.24) is 14.6 Å². The van der Waals surface area contributed by atoms with Gasteiger partial charge >= 0.3 is 0 Å². The zero-order valence-electron chi connectivity index (χ0n) is 10.3. The highest BCUT2D eigenvalue weighted by Gasteiger charge is 2.08. The molecule has 2 heterocycles. The number of nitrogens with one attached hydrogen (secondary N) is 1. The van der Waals surface area contributed by atoms with Crippen LogP contribution in [0.1, 0.15) is 0 Å². The molecular formula is C13H12N4O2. The second-order valence-corrected chi connectivity index (χ2v) is 4.11. The molecule has 0 aliphatic carbocycles. The van der Waals surface area contributed by atoms with Gasteiger partial charge in [-0.2, -0.15) is 4.52 Å². The number of ether oxygens (including phenoxy) is 1. The number of benzene rings is 1. The molecule has 6 heteroatoms. The van der Waals surface area contributed by atoms with Crippen LogP contribution < -0.4 is 16.0 Å². The number of anilines is 1. The maximum atomic E-state index is 11.8. The van der Waals surface area contributed by atoms with E-state index in [1.807, 2.05) is 24.3 Å². The number of nitrogens with two attached hydrogens (primary N) is 1. The summed E-state index contributed by atoms with van der Waals surface area (Å²) in [6, 6.07) is 9.31. The predicted octanol–water partition coefficient (Wildman–Crippen LogP) is 1.28. The van der Waals surface area contributed by atoms with E-state index < -0.39 is 0 Å². The van der Waals surface area contributed by atoms with Crippen LogP contribution in [0.3, 0.4) is 0 Å². The number of H-pyrrole nitrogens is 1. The average molecular weight is 256 g/mol. The second kappa shape index (κ2) is 4.16. The fourth-order valence-corrected chi connectivity index (χ4v) is 1.91. The molecule has 96 valence electrons. The van der Waals surface area contributed by atoms with Crippen LogP contribution in [0, 0.1) is 0 Å². The monoisotopic (exact) mass is 256 g/mol. The van der Waals surface area contributed by atoms with Gasteiger partial charge in [0.25, 0.3) is 5.56 Å². The molecule has 3 aromatic rings. The van der Waals surface area contributed by atoms with Crippen LogP contribution in [0.25, 0.3) is 16.9 Å². The molecule has 19 heavy (non-hydrogen) atoms. The van der Waals surface area contributed by atoms with Gasteiger partial charge in [-0.1, -0.05) is 12.1 Å². The van der Waals surface area contributed by atoms with Gasteiger partial charge in [-0.15, -0.1) is 0 Å². The van der Waals surface area contributed by atoms with E-state index in [1.54, 1.807) is 13.2 Å². The van der Waals surface area contributed by atoms with Gasteiger partial charge in [0.1, 0.15) is 11.4 Å². The van der Waals surface area contributed by atoms with Gasteiger partial charge in [0.2, 0.25) is 0 Å². The topological polar surface area (TPSA) is 85.4 Å². The van der Waals surface area contributed by atoms with Crippen LogP contribution >= 0.6 is 0 Å². The molecule has 0 unspecified atom stereocenters. The number of rotatable bonds is 2. The van der Waals surface area contributed by atoms with Gasteiger partial charge < -0.3 is 10.5 Å². The normalized spacial score (nSPS) is 10.8. The maximum Gasteiger partial charge on any atom is 0.295 e. The van der Waals surface area contributed by atoms with Crippen molar-refractivity contribution in [3.63, 3.8) is 0 Å². The number of aromatic amines is 1. The highest BCUT2D eigenvalue weighted by molar-refractivity contribution is 5.65. The fourth-order valence-electron chi connectivity index (χ4n) is 1.91. The molecule has 0 saturated heterocycles. The molecule has 0 bridgehead atoms. The number of aromatic nitrogens is 3. The Bertz CT molecular complexity index is 804. The fraction of sp³-hybridized carbons (Fsp3) is 0.0769. The van der Waals surface area contributed by atoms with Crippen LogP contribution in [-0.4, -0.2) is 21.7 Å². The van der Waals surface area contributed by atoms with Crippen LogP contribution in [0.2, 0.25) is 0 Å². The molecule has 0 aliphatic heterocycles. The van der Waals surface area contributed by atoms with E-state index in [1.165, 1.54) is 10.7 Å². The van der Waals surface area contributed by atoms with Gasteiger partial charge in [0.15, 0.2) is 5.65 Å². The summed E-state index contributed by atoms with van der Waals surface area (Å²) in [5.41, 5.74) is 7.55. The van der Waals surface area contributed by atoms with E-state index in [0.29, 0.717) is 5.65 Å². The van der Waals surface area contributed by atoms with Crippen molar-refractivity contribution in [2.45, 2.75) is 0 Å². The van der Waals surface area contributed by atoms with Gasteiger partial charge in [-0.3, -0.25) is 9.89 Å². The molecule has 1 aromatic carbocycles. The van der Waals surface area contributed by atoms with Crippen molar-refractivity contribution in [1.29, 1.82) is 0 Å². The van der Waals surface area contributed by atoms with Crippen molar-refractivity contribution >= 4 is 11.3 Å². The zero-order chi connectivity index (χ0) is 13.4.